The molecule has 15 heavy (non-hydrogen) atoms. The highest BCUT2D eigenvalue weighted by molar-refractivity contribution is 7.86. The van der Waals surface area contributed by atoms with E-state index in [1.165, 1.54) is 5.57 Å². The fraction of sp³-hybridized carbons (Fsp3) is 0.800. The van der Waals surface area contributed by atoms with E-state index in [4.69, 9.17) is 4.55 Å². The molecule has 5 heteroatoms. The van der Waals surface area contributed by atoms with Gasteiger partial charge in [0.05, 0.1) is 5.25 Å². The topological polar surface area (TPSA) is 66.4 Å². The van der Waals surface area contributed by atoms with Gasteiger partial charge >= 0.3 is 0 Å². The lowest BCUT2D eigenvalue weighted by Crippen LogP contribution is -2.38. The highest BCUT2D eigenvalue weighted by Gasteiger charge is 2.35. The lowest BCUT2D eigenvalue weighted by molar-refractivity contribution is 0.391. The molecule has 2 N–H and O–H groups in total. The number of allylic oxidation sites excluding steroid dienone is 2. The summed E-state index contributed by atoms with van der Waals surface area (Å²) in [6, 6.07) is 0. The predicted molar refractivity (Wildman–Crippen MR) is 60.4 cm³/mol. The average Bonchev–Trinajstić information content (AvgIpc) is 2.09. The van der Waals surface area contributed by atoms with E-state index >= 15 is 0 Å². The maximum Gasteiger partial charge on any atom is 0.268 e. The second-order valence-corrected chi connectivity index (χ2v) is 5.98. The van der Waals surface area contributed by atoms with E-state index in [2.05, 4.69) is 5.32 Å². The van der Waals surface area contributed by atoms with E-state index in [0.29, 0.717) is 13.0 Å². The lowest BCUT2D eigenvalue weighted by Gasteiger charge is -2.30. The zero-order valence-corrected chi connectivity index (χ0v) is 10.3. The Bertz CT molecular complexity index is 359. The Morgan fingerprint density at radius 1 is 1.33 bits per heavy atom. The summed E-state index contributed by atoms with van der Waals surface area (Å²) in [6.45, 7) is 4.58. The average molecular weight is 233 g/mol. The molecule has 0 aromatic carbocycles. The molecule has 0 spiro atoms. The van der Waals surface area contributed by atoms with Crippen molar-refractivity contribution >= 4 is 10.1 Å². The van der Waals surface area contributed by atoms with Crippen LogP contribution in [0.3, 0.4) is 0 Å². The summed E-state index contributed by atoms with van der Waals surface area (Å²) in [5, 5.41) is 2.33. The third kappa shape index (κ3) is 3.03. The number of nitrogens with one attached hydrogen (secondary N) is 1. The van der Waals surface area contributed by atoms with Gasteiger partial charge in [-0.15, -0.1) is 0 Å². The molecule has 0 heterocycles. The van der Waals surface area contributed by atoms with Crippen LogP contribution in [-0.2, 0) is 10.1 Å². The van der Waals surface area contributed by atoms with Crippen molar-refractivity contribution < 1.29 is 13.0 Å². The van der Waals surface area contributed by atoms with E-state index in [1.54, 1.807) is 7.05 Å². The van der Waals surface area contributed by atoms with Crippen molar-refractivity contribution in [3.8, 4) is 0 Å². The summed E-state index contributed by atoms with van der Waals surface area (Å²) in [7, 11) is -2.13. The summed E-state index contributed by atoms with van der Waals surface area (Å²) >= 11 is 0. The monoisotopic (exact) mass is 233 g/mol. The number of hydrogen-bond acceptors (Lipinski definition) is 3. The van der Waals surface area contributed by atoms with Gasteiger partial charge in [0.1, 0.15) is 0 Å². The molecule has 1 aliphatic rings. The van der Waals surface area contributed by atoms with Crippen LogP contribution in [0.25, 0.3) is 0 Å². The van der Waals surface area contributed by atoms with E-state index in [-0.39, 0.29) is 5.92 Å². The molecule has 0 aromatic rings. The van der Waals surface area contributed by atoms with Gasteiger partial charge in [-0.2, -0.15) is 8.42 Å². The van der Waals surface area contributed by atoms with Gasteiger partial charge in [0.2, 0.25) is 0 Å². The largest absolute Gasteiger partial charge is 0.319 e. The fourth-order valence-corrected chi connectivity index (χ4v) is 3.30. The first-order valence-electron chi connectivity index (χ1n) is 5.12. The number of hydrogen-bond donors (Lipinski definition) is 2. The standard InChI is InChI=1S/C10H19NO3S/c1-7-4-9(6-11-3)10(5-8(7)2)15(12,13)14/h9-11H,4-6H2,1-3H3,(H,12,13,14). The summed E-state index contributed by atoms with van der Waals surface area (Å²) in [5.41, 5.74) is 2.33. The highest BCUT2D eigenvalue weighted by atomic mass is 32.2. The SMILES string of the molecule is CNCC1CC(C)=C(C)CC1S(=O)(=O)O. The Kier molecular flexibility index (Phi) is 3.92. The van der Waals surface area contributed by atoms with E-state index in [9.17, 15) is 8.42 Å². The van der Waals surface area contributed by atoms with Crippen LogP contribution in [0.5, 0.6) is 0 Å². The van der Waals surface area contributed by atoms with Gasteiger partial charge in [0.15, 0.2) is 0 Å². The molecule has 4 nitrogen and oxygen atoms in total. The van der Waals surface area contributed by atoms with Gasteiger partial charge in [-0.3, -0.25) is 4.55 Å². The lowest BCUT2D eigenvalue weighted by atomic mass is 9.84. The minimum Gasteiger partial charge on any atom is -0.319 e. The molecular formula is C10H19NO3S. The Morgan fingerprint density at radius 2 is 1.87 bits per heavy atom. The number of rotatable bonds is 3. The third-order valence-electron chi connectivity index (χ3n) is 3.18. The Labute approximate surface area is 91.5 Å². The summed E-state index contributed by atoms with van der Waals surface area (Å²) < 4.78 is 31.6. The molecule has 0 radical (unpaired) electrons. The van der Waals surface area contributed by atoms with Crippen LogP contribution in [0.4, 0.5) is 0 Å². The molecule has 88 valence electrons. The van der Waals surface area contributed by atoms with Gasteiger partial charge < -0.3 is 5.32 Å². The van der Waals surface area contributed by atoms with Gasteiger partial charge in [0, 0.05) is 0 Å². The van der Waals surface area contributed by atoms with Crippen LogP contribution in [0, 0.1) is 5.92 Å². The van der Waals surface area contributed by atoms with Crippen LogP contribution in [0.15, 0.2) is 11.1 Å². The van der Waals surface area contributed by atoms with Crippen LogP contribution in [-0.4, -0.2) is 31.8 Å². The first kappa shape index (κ1) is 12.7. The van der Waals surface area contributed by atoms with E-state index < -0.39 is 15.4 Å². The molecule has 0 bridgehead atoms. The highest BCUT2D eigenvalue weighted by Crippen LogP contribution is 2.32. The maximum atomic E-state index is 11.2. The predicted octanol–water partition coefficient (Wildman–Crippen LogP) is 1.21. The normalized spacial score (nSPS) is 28.3. The summed E-state index contributed by atoms with van der Waals surface area (Å²) in [6.07, 6.45) is 1.20. The molecule has 2 atom stereocenters. The van der Waals surface area contributed by atoms with Gasteiger partial charge in [0.25, 0.3) is 10.1 Å². The van der Waals surface area contributed by atoms with E-state index in [0.717, 1.165) is 12.0 Å². The van der Waals surface area contributed by atoms with Crippen LogP contribution in [0.1, 0.15) is 26.7 Å². The Balaban J connectivity index is 2.94. The molecule has 1 aliphatic carbocycles. The Morgan fingerprint density at radius 3 is 2.33 bits per heavy atom. The smallest absolute Gasteiger partial charge is 0.268 e. The van der Waals surface area contributed by atoms with E-state index in [1.807, 2.05) is 13.8 Å². The molecule has 0 fully saturated rings. The zero-order chi connectivity index (χ0) is 11.6. The van der Waals surface area contributed by atoms with Gasteiger partial charge in [-0.05, 0) is 46.2 Å². The van der Waals surface area contributed by atoms with Crippen molar-refractivity contribution in [2.24, 2.45) is 5.92 Å². The van der Waals surface area contributed by atoms with Crippen molar-refractivity contribution in [2.45, 2.75) is 31.9 Å². The van der Waals surface area contributed by atoms with Crippen LogP contribution < -0.4 is 5.32 Å². The Hall–Kier alpha value is -0.390. The molecule has 1 rings (SSSR count). The zero-order valence-electron chi connectivity index (χ0n) is 9.45. The van der Waals surface area contributed by atoms with Crippen molar-refractivity contribution in [1.82, 2.24) is 5.32 Å². The molecule has 0 saturated carbocycles. The summed E-state index contributed by atoms with van der Waals surface area (Å²) in [5.74, 6) is -0.0197. The van der Waals surface area contributed by atoms with Gasteiger partial charge in [-0.25, -0.2) is 0 Å². The fourth-order valence-electron chi connectivity index (χ4n) is 2.16. The molecule has 0 aromatic heterocycles. The maximum absolute atomic E-state index is 11.2. The van der Waals surface area contributed by atoms with Gasteiger partial charge in [-0.1, -0.05) is 11.1 Å². The molecule has 0 saturated heterocycles. The van der Waals surface area contributed by atoms with Crippen molar-refractivity contribution in [1.29, 1.82) is 0 Å². The molecule has 2 unspecified atom stereocenters. The van der Waals surface area contributed by atoms with Crippen LogP contribution >= 0.6 is 0 Å². The first-order chi connectivity index (χ1) is 6.86. The molecule has 0 amide bonds. The first-order valence-corrected chi connectivity index (χ1v) is 6.62. The minimum absolute atomic E-state index is 0.0197. The van der Waals surface area contributed by atoms with Crippen molar-refractivity contribution in [3.05, 3.63) is 11.1 Å². The minimum atomic E-state index is -3.93. The molecule has 0 aliphatic heterocycles. The third-order valence-corrected chi connectivity index (χ3v) is 4.50. The second kappa shape index (κ2) is 4.63. The van der Waals surface area contributed by atoms with Crippen LogP contribution in [0.2, 0.25) is 0 Å². The second-order valence-electron chi connectivity index (χ2n) is 4.34. The quantitative estimate of drug-likeness (QED) is 0.568. The summed E-state index contributed by atoms with van der Waals surface area (Å²) in [4.78, 5) is 0. The van der Waals surface area contributed by atoms with Crippen molar-refractivity contribution in [2.75, 3.05) is 13.6 Å². The van der Waals surface area contributed by atoms with Crippen molar-refractivity contribution in [3.63, 3.8) is 0 Å². The molecular weight excluding hydrogens is 214 g/mol.